The maximum absolute atomic E-state index is 15.6. The summed E-state index contributed by atoms with van der Waals surface area (Å²) in [6.07, 6.45) is 0.486. The molecule has 13 nitrogen and oxygen atoms in total. The Hall–Kier alpha value is -5.71. The topological polar surface area (TPSA) is 151 Å². The average Bonchev–Trinajstić information content (AvgIpc) is 3.44. The molecule has 4 aromatic rings. The van der Waals surface area contributed by atoms with Crippen LogP contribution in [0.15, 0.2) is 54.9 Å². The van der Waals surface area contributed by atoms with Gasteiger partial charge in [-0.1, -0.05) is 12.1 Å². The summed E-state index contributed by atoms with van der Waals surface area (Å²) in [4.78, 5) is 36.4. The highest BCUT2D eigenvalue weighted by atomic mass is 19.1. The largest absolute Gasteiger partial charge is 0.497 e. The lowest BCUT2D eigenvalue weighted by Crippen LogP contribution is -2.35. The summed E-state index contributed by atoms with van der Waals surface area (Å²) in [6.45, 7) is 9.95. The molecule has 0 unspecified atom stereocenters. The highest BCUT2D eigenvalue weighted by molar-refractivity contribution is 5.96. The van der Waals surface area contributed by atoms with Gasteiger partial charge in [-0.2, -0.15) is 9.94 Å². The van der Waals surface area contributed by atoms with Gasteiger partial charge in [0.15, 0.2) is 28.9 Å². The van der Waals surface area contributed by atoms with Crippen LogP contribution in [0.1, 0.15) is 52.8 Å². The maximum atomic E-state index is 15.6. The summed E-state index contributed by atoms with van der Waals surface area (Å²) in [6, 6.07) is 12.7. The van der Waals surface area contributed by atoms with Crippen LogP contribution in [0.2, 0.25) is 0 Å². The lowest BCUT2D eigenvalue weighted by atomic mass is 10.1. The number of benzene rings is 2. The molecule has 0 atom stereocenters. The van der Waals surface area contributed by atoms with E-state index in [1.54, 1.807) is 72.9 Å². The molecule has 0 aliphatic heterocycles. The van der Waals surface area contributed by atoms with Crippen LogP contribution in [0.25, 0.3) is 11.3 Å². The quantitative estimate of drug-likeness (QED) is 0.199. The fourth-order valence-electron chi connectivity index (χ4n) is 4.18. The van der Waals surface area contributed by atoms with Crippen molar-refractivity contribution < 1.29 is 37.7 Å². The van der Waals surface area contributed by atoms with Gasteiger partial charge in [0, 0.05) is 6.07 Å². The SMILES string of the molecule is COc1ccc(COc2c(F)ccc(OC)c2-c2cc(N(C(=O)OC(C)(C)C)c3cnc(C#N)cn3)nn2C(=O)OC(C)(C)C)cc1. The lowest BCUT2D eigenvalue weighted by Gasteiger charge is -2.25. The summed E-state index contributed by atoms with van der Waals surface area (Å²) in [5.41, 5.74) is -1.22. The van der Waals surface area contributed by atoms with Crippen molar-refractivity contribution in [3.8, 4) is 34.6 Å². The van der Waals surface area contributed by atoms with Crippen LogP contribution >= 0.6 is 0 Å². The Morgan fingerprint density at radius 3 is 2.15 bits per heavy atom. The zero-order valence-electron chi connectivity index (χ0n) is 27.3. The van der Waals surface area contributed by atoms with Crippen LogP contribution in [0.4, 0.5) is 25.6 Å². The summed E-state index contributed by atoms with van der Waals surface area (Å²) in [5.74, 6) is -0.466. The molecule has 0 aliphatic rings. The molecular formula is C33H35FN6O7. The molecule has 2 aromatic carbocycles. The van der Waals surface area contributed by atoms with Gasteiger partial charge in [0.25, 0.3) is 0 Å². The fraction of sp³-hybridized carbons (Fsp3) is 0.333. The Balaban J connectivity index is 1.93. The normalized spacial score (nSPS) is 11.3. The first-order valence-electron chi connectivity index (χ1n) is 14.4. The van der Waals surface area contributed by atoms with Gasteiger partial charge < -0.3 is 23.7 Å². The molecule has 0 aliphatic carbocycles. The molecule has 1 amide bonds. The van der Waals surface area contributed by atoms with Crippen molar-refractivity contribution in [3.05, 3.63) is 71.9 Å². The minimum Gasteiger partial charge on any atom is -0.497 e. The summed E-state index contributed by atoms with van der Waals surface area (Å²) in [5, 5.41) is 13.6. The number of hydrogen-bond acceptors (Lipinski definition) is 11. The van der Waals surface area contributed by atoms with Crippen molar-refractivity contribution in [1.82, 2.24) is 19.7 Å². The molecule has 14 heteroatoms. The number of rotatable bonds is 8. The fourth-order valence-corrected chi connectivity index (χ4v) is 4.18. The van der Waals surface area contributed by atoms with Crippen molar-refractivity contribution in [1.29, 1.82) is 5.26 Å². The van der Waals surface area contributed by atoms with Crippen LogP contribution in [0, 0.1) is 17.1 Å². The molecule has 4 rings (SSSR count). The number of halogens is 1. The summed E-state index contributed by atoms with van der Waals surface area (Å²) < 4.78 is 44.5. The molecule has 2 aromatic heterocycles. The van der Waals surface area contributed by atoms with E-state index in [0.717, 1.165) is 9.58 Å². The maximum Gasteiger partial charge on any atom is 0.435 e. The van der Waals surface area contributed by atoms with E-state index in [-0.39, 0.29) is 46.7 Å². The third kappa shape index (κ3) is 8.31. The smallest absolute Gasteiger partial charge is 0.435 e. The molecule has 0 spiro atoms. The molecule has 0 saturated carbocycles. The molecule has 47 heavy (non-hydrogen) atoms. The van der Waals surface area contributed by atoms with Crippen molar-refractivity contribution >= 4 is 23.8 Å². The van der Waals surface area contributed by atoms with Crippen molar-refractivity contribution in [3.63, 3.8) is 0 Å². The monoisotopic (exact) mass is 646 g/mol. The van der Waals surface area contributed by atoms with E-state index < -0.39 is 29.2 Å². The highest BCUT2D eigenvalue weighted by Crippen LogP contribution is 2.43. The van der Waals surface area contributed by atoms with E-state index in [1.165, 1.54) is 37.7 Å². The molecule has 0 bridgehead atoms. The van der Waals surface area contributed by atoms with Crippen LogP contribution in [0.3, 0.4) is 0 Å². The van der Waals surface area contributed by atoms with E-state index in [4.69, 9.17) is 23.7 Å². The number of aromatic nitrogens is 4. The second-order valence-electron chi connectivity index (χ2n) is 12.1. The van der Waals surface area contributed by atoms with Crippen LogP contribution in [-0.4, -0.2) is 57.4 Å². The number of nitriles is 1. The van der Waals surface area contributed by atoms with Gasteiger partial charge in [0.1, 0.15) is 35.4 Å². The summed E-state index contributed by atoms with van der Waals surface area (Å²) in [7, 11) is 2.92. The van der Waals surface area contributed by atoms with Crippen molar-refractivity contribution in [2.75, 3.05) is 19.1 Å². The Bertz CT molecular complexity index is 1790. The van der Waals surface area contributed by atoms with Gasteiger partial charge >= 0.3 is 12.2 Å². The number of carbonyl (C=O) groups excluding carboxylic acids is 2. The minimum atomic E-state index is -0.955. The zero-order chi connectivity index (χ0) is 34.5. The molecular weight excluding hydrogens is 611 g/mol. The predicted molar refractivity (Wildman–Crippen MR) is 168 cm³/mol. The van der Waals surface area contributed by atoms with E-state index in [1.807, 2.05) is 6.07 Å². The van der Waals surface area contributed by atoms with Gasteiger partial charge in [0.05, 0.1) is 37.9 Å². The Morgan fingerprint density at radius 2 is 1.60 bits per heavy atom. The van der Waals surface area contributed by atoms with Gasteiger partial charge in [-0.15, -0.1) is 5.10 Å². The van der Waals surface area contributed by atoms with Gasteiger partial charge in [-0.05, 0) is 71.4 Å². The molecule has 2 heterocycles. The van der Waals surface area contributed by atoms with Gasteiger partial charge in [-0.25, -0.2) is 28.8 Å². The van der Waals surface area contributed by atoms with Gasteiger partial charge in [-0.3, -0.25) is 0 Å². The molecule has 246 valence electrons. The number of ether oxygens (including phenoxy) is 5. The molecule has 0 radical (unpaired) electrons. The zero-order valence-corrected chi connectivity index (χ0v) is 27.3. The average molecular weight is 647 g/mol. The minimum absolute atomic E-state index is 0.000935. The Labute approximate surface area is 271 Å². The number of amides is 1. The number of nitrogens with zero attached hydrogens (tertiary/aromatic N) is 6. The lowest BCUT2D eigenvalue weighted by molar-refractivity contribution is 0.0512. The van der Waals surface area contributed by atoms with E-state index in [9.17, 15) is 14.9 Å². The third-order valence-electron chi connectivity index (χ3n) is 6.14. The highest BCUT2D eigenvalue weighted by Gasteiger charge is 2.33. The predicted octanol–water partition coefficient (Wildman–Crippen LogP) is 6.80. The van der Waals surface area contributed by atoms with Gasteiger partial charge in [0.2, 0.25) is 0 Å². The van der Waals surface area contributed by atoms with Crippen LogP contribution in [-0.2, 0) is 16.1 Å². The van der Waals surface area contributed by atoms with Crippen molar-refractivity contribution in [2.45, 2.75) is 59.4 Å². The van der Waals surface area contributed by atoms with E-state index >= 15 is 4.39 Å². The number of methoxy groups -OCH3 is 2. The number of hydrogen-bond donors (Lipinski definition) is 0. The van der Waals surface area contributed by atoms with E-state index in [2.05, 4.69) is 15.1 Å². The first kappa shape index (κ1) is 34.2. The molecule has 0 saturated heterocycles. The molecule has 0 fully saturated rings. The first-order valence-corrected chi connectivity index (χ1v) is 14.4. The number of carbonyl (C=O) groups is 2. The Kier molecular flexibility index (Phi) is 9.99. The molecule has 0 N–H and O–H groups in total. The second kappa shape index (κ2) is 13.7. The van der Waals surface area contributed by atoms with Crippen LogP contribution in [0.5, 0.6) is 17.2 Å². The first-order chi connectivity index (χ1) is 22.1. The number of anilines is 2. The Morgan fingerprint density at radius 1 is 0.915 bits per heavy atom. The standard InChI is InChI=1S/C33H35FN6O7/c1-32(2,3)46-30(41)39(27-18-36-21(16-35)17-37-27)26-15-24(40(38-26)31(42)47-33(4,5)6)28-25(44-8)14-13-23(34)29(28)45-19-20-9-11-22(43-7)12-10-20/h9-15,17-18H,19H2,1-8H3. The second-order valence-corrected chi connectivity index (χ2v) is 12.1. The summed E-state index contributed by atoms with van der Waals surface area (Å²) >= 11 is 0. The van der Waals surface area contributed by atoms with E-state index in [0.29, 0.717) is 11.3 Å². The third-order valence-corrected chi connectivity index (χ3v) is 6.14. The van der Waals surface area contributed by atoms with Crippen LogP contribution < -0.4 is 19.1 Å². The van der Waals surface area contributed by atoms with Crippen molar-refractivity contribution in [2.24, 2.45) is 0 Å².